The van der Waals surface area contributed by atoms with E-state index in [1.807, 2.05) is 26.0 Å². The first kappa shape index (κ1) is 14.8. The number of carbonyl (C=O) groups excluding carboxylic acids is 1. The molecule has 1 aliphatic heterocycles. The van der Waals surface area contributed by atoms with Gasteiger partial charge in [0.2, 0.25) is 0 Å². The smallest absolute Gasteiger partial charge is 0.281 e. The monoisotopic (exact) mass is 279 g/mol. The zero-order valence-corrected chi connectivity index (χ0v) is 12.0. The van der Waals surface area contributed by atoms with Crippen LogP contribution in [0.15, 0.2) is 18.2 Å². The van der Waals surface area contributed by atoms with E-state index in [9.17, 15) is 4.79 Å². The van der Waals surface area contributed by atoms with Crippen molar-refractivity contribution in [3.05, 3.63) is 29.3 Å². The summed E-state index contributed by atoms with van der Waals surface area (Å²) < 4.78 is 10.8. The summed E-state index contributed by atoms with van der Waals surface area (Å²) in [5.41, 5.74) is 4.57. The normalized spacial score (nSPS) is 18.6. The van der Waals surface area contributed by atoms with Crippen LogP contribution in [0.4, 0.5) is 0 Å². The maximum absolute atomic E-state index is 11.6. The summed E-state index contributed by atoms with van der Waals surface area (Å²) in [4.78, 5) is 16.8. The third-order valence-corrected chi connectivity index (χ3v) is 3.01. The van der Waals surface area contributed by atoms with Crippen LogP contribution in [0.2, 0.25) is 0 Å². The number of hydrogen-bond donors (Lipinski definition) is 1. The van der Waals surface area contributed by atoms with E-state index in [1.165, 1.54) is 0 Å². The maximum Gasteiger partial charge on any atom is 0.281 e. The zero-order chi connectivity index (χ0) is 14.4. The third kappa shape index (κ3) is 4.83. The molecule has 1 aromatic rings. The second kappa shape index (κ2) is 7.26. The standard InChI is InChI=1S/C15H21NO4/c1-11-7-12(2)9-13(8-11)19-10-14(17)16-20-15-5-3-4-6-18-15/h7-9,15H,3-6,10H2,1-2H3,(H,16,17). The minimum atomic E-state index is -0.339. The van der Waals surface area contributed by atoms with E-state index in [0.717, 1.165) is 30.4 Å². The SMILES string of the molecule is Cc1cc(C)cc(OCC(=O)NOC2CCCCO2)c1. The number of carbonyl (C=O) groups is 1. The molecule has 0 saturated carbocycles. The molecule has 1 unspecified atom stereocenters. The molecule has 0 bridgehead atoms. The molecule has 0 radical (unpaired) electrons. The summed E-state index contributed by atoms with van der Waals surface area (Å²) in [6.07, 6.45) is 2.57. The molecule has 1 heterocycles. The van der Waals surface area contributed by atoms with Gasteiger partial charge in [-0.3, -0.25) is 4.79 Å². The average molecular weight is 279 g/mol. The highest BCUT2D eigenvalue weighted by molar-refractivity contribution is 5.76. The second-order valence-electron chi connectivity index (χ2n) is 5.05. The molecule has 1 aliphatic rings. The van der Waals surface area contributed by atoms with Crippen molar-refractivity contribution in [3.63, 3.8) is 0 Å². The van der Waals surface area contributed by atoms with Gasteiger partial charge < -0.3 is 9.47 Å². The topological polar surface area (TPSA) is 56.8 Å². The van der Waals surface area contributed by atoms with E-state index >= 15 is 0 Å². The van der Waals surface area contributed by atoms with Gasteiger partial charge in [-0.05, 0) is 49.9 Å². The van der Waals surface area contributed by atoms with Crippen LogP contribution in [0, 0.1) is 13.8 Å². The highest BCUT2D eigenvalue weighted by Gasteiger charge is 2.15. The molecule has 0 aliphatic carbocycles. The van der Waals surface area contributed by atoms with Gasteiger partial charge in [0.15, 0.2) is 12.9 Å². The lowest BCUT2D eigenvalue weighted by Gasteiger charge is -2.22. The Labute approximate surface area is 119 Å². The molecule has 1 fully saturated rings. The Bertz CT molecular complexity index is 435. The number of aryl methyl sites for hydroxylation is 2. The lowest BCUT2D eigenvalue weighted by Crippen LogP contribution is -2.35. The van der Waals surface area contributed by atoms with Gasteiger partial charge in [-0.2, -0.15) is 0 Å². The fourth-order valence-electron chi connectivity index (χ4n) is 2.13. The van der Waals surface area contributed by atoms with Crippen LogP contribution in [0.1, 0.15) is 30.4 Å². The minimum absolute atomic E-state index is 0.0738. The molecule has 2 rings (SSSR count). The van der Waals surface area contributed by atoms with Crippen LogP contribution in [-0.4, -0.2) is 25.4 Å². The lowest BCUT2D eigenvalue weighted by atomic mass is 10.1. The molecule has 1 atom stereocenters. The number of ether oxygens (including phenoxy) is 2. The average Bonchev–Trinajstić information content (AvgIpc) is 2.43. The van der Waals surface area contributed by atoms with Crippen LogP contribution in [0.25, 0.3) is 0 Å². The molecule has 5 nitrogen and oxygen atoms in total. The van der Waals surface area contributed by atoms with Gasteiger partial charge in [0, 0.05) is 13.0 Å². The Morgan fingerprint density at radius 2 is 2.05 bits per heavy atom. The number of nitrogens with one attached hydrogen (secondary N) is 1. The van der Waals surface area contributed by atoms with Gasteiger partial charge in [0.25, 0.3) is 5.91 Å². The van der Waals surface area contributed by atoms with Crippen molar-refractivity contribution in [2.45, 2.75) is 39.4 Å². The molecule has 20 heavy (non-hydrogen) atoms. The largest absolute Gasteiger partial charge is 0.484 e. The Morgan fingerprint density at radius 1 is 1.30 bits per heavy atom. The van der Waals surface area contributed by atoms with Gasteiger partial charge in [-0.25, -0.2) is 10.3 Å². The van der Waals surface area contributed by atoms with Crippen LogP contribution in [-0.2, 0) is 14.4 Å². The summed E-state index contributed by atoms with van der Waals surface area (Å²) in [7, 11) is 0. The molecule has 1 amide bonds. The van der Waals surface area contributed by atoms with E-state index in [-0.39, 0.29) is 18.8 Å². The van der Waals surface area contributed by atoms with Crippen LogP contribution in [0.3, 0.4) is 0 Å². The number of hydrogen-bond acceptors (Lipinski definition) is 4. The van der Waals surface area contributed by atoms with Crippen LogP contribution in [0.5, 0.6) is 5.75 Å². The quantitative estimate of drug-likeness (QED) is 0.840. The zero-order valence-electron chi connectivity index (χ0n) is 12.0. The summed E-state index contributed by atoms with van der Waals surface area (Å²) in [6, 6.07) is 5.84. The van der Waals surface area contributed by atoms with Gasteiger partial charge in [-0.1, -0.05) is 6.07 Å². The molecule has 0 spiro atoms. The van der Waals surface area contributed by atoms with Crippen molar-refractivity contribution in [2.75, 3.05) is 13.2 Å². The highest BCUT2D eigenvalue weighted by Crippen LogP contribution is 2.16. The first-order valence-corrected chi connectivity index (χ1v) is 6.90. The Hall–Kier alpha value is -1.59. The van der Waals surface area contributed by atoms with E-state index in [1.54, 1.807) is 0 Å². The van der Waals surface area contributed by atoms with E-state index in [0.29, 0.717) is 12.4 Å². The Balaban J connectivity index is 1.71. The summed E-state index contributed by atoms with van der Waals surface area (Å²) in [6.45, 7) is 4.59. The van der Waals surface area contributed by atoms with Crippen LogP contribution >= 0.6 is 0 Å². The number of amides is 1. The van der Waals surface area contributed by atoms with Gasteiger partial charge in [0.1, 0.15) is 5.75 Å². The van der Waals surface area contributed by atoms with Crippen molar-refractivity contribution < 1.29 is 19.1 Å². The van der Waals surface area contributed by atoms with Gasteiger partial charge in [0.05, 0.1) is 0 Å². The van der Waals surface area contributed by atoms with Gasteiger partial charge >= 0.3 is 0 Å². The number of rotatable bonds is 5. The van der Waals surface area contributed by atoms with Crippen molar-refractivity contribution in [2.24, 2.45) is 0 Å². The van der Waals surface area contributed by atoms with Crippen molar-refractivity contribution in [1.29, 1.82) is 0 Å². The fourth-order valence-corrected chi connectivity index (χ4v) is 2.13. The van der Waals surface area contributed by atoms with E-state index in [4.69, 9.17) is 14.3 Å². The predicted octanol–water partition coefficient (Wildman–Crippen LogP) is 2.26. The van der Waals surface area contributed by atoms with Crippen LogP contribution < -0.4 is 10.2 Å². The molecular formula is C15H21NO4. The molecule has 1 saturated heterocycles. The molecule has 1 aromatic carbocycles. The molecule has 5 heteroatoms. The third-order valence-electron chi connectivity index (χ3n) is 3.01. The Morgan fingerprint density at radius 3 is 2.70 bits per heavy atom. The lowest BCUT2D eigenvalue weighted by molar-refractivity contribution is -0.201. The second-order valence-corrected chi connectivity index (χ2v) is 5.05. The van der Waals surface area contributed by atoms with Crippen molar-refractivity contribution in [1.82, 2.24) is 5.48 Å². The highest BCUT2D eigenvalue weighted by atomic mass is 16.8. The number of benzene rings is 1. The maximum atomic E-state index is 11.6. The summed E-state index contributed by atoms with van der Waals surface area (Å²) >= 11 is 0. The van der Waals surface area contributed by atoms with Crippen molar-refractivity contribution >= 4 is 5.91 Å². The fraction of sp³-hybridized carbons (Fsp3) is 0.533. The minimum Gasteiger partial charge on any atom is -0.484 e. The Kier molecular flexibility index (Phi) is 5.38. The van der Waals surface area contributed by atoms with E-state index < -0.39 is 0 Å². The first-order valence-electron chi connectivity index (χ1n) is 6.90. The molecular weight excluding hydrogens is 258 g/mol. The molecule has 0 aromatic heterocycles. The first-order chi connectivity index (χ1) is 9.63. The summed E-state index contributed by atoms with van der Waals surface area (Å²) in [5, 5.41) is 0. The molecule has 110 valence electrons. The predicted molar refractivity (Wildman–Crippen MR) is 74.2 cm³/mol. The van der Waals surface area contributed by atoms with E-state index in [2.05, 4.69) is 11.5 Å². The number of hydroxylamine groups is 1. The van der Waals surface area contributed by atoms with Crippen molar-refractivity contribution in [3.8, 4) is 5.75 Å². The molecule has 1 N–H and O–H groups in total. The summed E-state index contributed by atoms with van der Waals surface area (Å²) in [5.74, 6) is 0.366. The van der Waals surface area contributed by atoms with Gasteiger partial charge in [-0.15, -0.1) is 0 Å².